The molecule has 0 unspecified atom stereocenters. The van der Waals surface area contributed by atoms with Crippen LogP contribution in [0.2, 0.25) is 0 Å². The van der Waals surface area contributed by atoms with Crippen molar-refractivity contribution < 1.29 is 15.2 Å². The molecule has 0 aliphatic carbocycles. The average molecular weight is 192 g/mol. The summed E-state index contributed by atoms with van der Waals surface area (Å²) < 4.78 is 0. The van der Waals surface area contributed by atoms with Crippen molar-refractivity contribution >= 4 is 0 Å². The monoisotopic (exact) mass is 192 g/mol. The summed E-state index contributed by atoms with van der Waals surface area (Å²) in [6, 6.07) is 0. The van der Waals surface area contributed by atoms with Gasteiger partial charge in [0.05, 0.1) is 0 Å². The minimum absolute atomic E-state index is 0.183. The Hall–Kier alpha value is -1.64. The van der Waals surface area contributed by atoms with E-state index >= 15 is 0 Å². The van der Waals surface area contributed by atoms with Crippen LogP contribution in [0.3, 0.4) is 0 Å². The first kappa shape index (κ1) is 9.45. The van der Waals surface area contributed by atoms with Gasteiger partial charge < -0.3 is 5.11 Å². The maximum absolute atomic E-state index is 10.2. The molecule has 9 heteroatoms. The topological polar surface area (TPSA) is 113 Å². The zero-order valence-electron chi connectivity index (χ0n) is 6.57. The molecule has 0 aromatic heterocycles. The quantitative estimate of drug-likeness (QED) is 0.410. The molecule has 0 amide bonds. The van der Waals surface area contributed by atoms with Gasteiger partial charge in [0.15, 0.2) is 10.1 Å². The lowest BCUT2D eigenvalue weighted by atomic mass is 10.3. The van der Waals surface area contributed by atoms with Crippen LogP contribution < -0.4 is 0 Å². The Morgan fingerprint density at radius 3 is 1.85 bits per heavy atom. The second-order valence-corrected chi connectivity index (χ2v) is 2.65. The first-order valence-corrected chi connectivity index (χ1v) is 3.47. The Balaban J connectivity index is 2.62. The molecule has 74 valence electrons. The number of rotatable bonds is 2. The van der Waals surface area contributed by atoms with Gasteiger partial charge in [0.25, 0.3) is 0 Å². The van der Waals surface area contributed by atoms with Crippen LogP contribution in [0, 0.1) is 20.2 Å². The second kappa shape index (κ2) is 3.39. The van der Waals surface area contributed by atoms with Gasteiger partial charge in [0, 0.05) is 0 Å². The molecule has 0 atom stereocenters. The molecule has 9 nitrogen and oxygen atoms in total. The zero-order chi connectivity index (χ0) is 10.0. The fourth-order valence-electron chi connectivity index (χ4n) is 1.08. The van der Waals surface area contributed by atoms with E-state index in [2.05, 4.69) is 0 Å². The predicted octanol–water partition coefficient (Wildman–Crippen LogP) is -1.69. The third-order valence-corrected chi connectivity index (χ3v) is 1.63. The molecule has 0 aromatic rings. The van der Waals surface area contributed by atoms with Crippen LogP contribution in [0.4, 0.5) is 0 Å². The van der Waals surface area contributed by atoms with E-state index in [-0.39, 0.29) is 13.1 Å². The summed E-state index contributed by atoms with van der Waals surface area (Å²) in [4.78, 5) is 20.5. The highest BCUT2D eigenvalue weighted by molar-refractivity contribution is 4.66. The molecule has 1 aliphatic heterocycles. The first-order chi connectivity index (χ1) is 6.00. The van der Waals surface area contributed by atoms with E-state index in [4.69, 9.17) is 5.11 Å². The van der Waals surface area contributed by atoms with Gasteiger partial charge in [-0.3, -0.25) is 0 Å². The molecule has 0 spiro atoms. The molecule has 1 heterocycles. The summed E-state index contributed by atoms with van der Waals surface area (Å²) in [5.74, 6) is 0. The molecule has 1 N–H and O–H groups in total. The average Bonchev–Trinajstić information content (AvgIpc) is 2.03. The van der Waals surface area contributed by atoms with Crippen molar-refractivity contribution in [1.29, 1.82) is 0 Å². The number of nitrogens with zero attached hydrogens (tertiary/aromatic N) is 4. The summed E-state index contributed by atoms with van der Waals surface area (Å²) in [6.45, 7) is -0.772. The summed E-state index contributed by atoms with van der Waals surface area (Å²) in [5.41, 5.74) is 0. The standard InChI is InChI=1S/C4H8N4O5/c9-4-1-5(7(10)11)3-6(2-4)8(12)13/h4,9H,1-3H2. The number of nitro groups is 2. The van der Waals surface area contributed by atoms with Crippen molar-refractivity contribution in [2.75, 3.05) is 19.8 Å². The van der Waals surface area contributed by atoms with Gasteiger partial charge in [0.2, 0.25) is 6.67 Å². The predicted molar refractivity (Wildman–Crippen MR) is 38.3 cm³/mol. The highest BCUT2D eigenvalue weighted by Gasteiger charge is 2.34. The number of β-amino-alcohol motifs (C(OH)–C–C–N with tert-alkyl or cyclic N) is 1. The summed E-state index contributed by atoms with van der Waals surface area (Å²) in [7, 11) is 0. The Morgan fingerprint density at radius 2 is 1.54 bits per heavy atom. The highest BCUT2D eigenvalue weighted by atomic mass is 16.7. The van der Waals surface area contributed by atoms with E-state index in [0.29, 0.717) is 10.0 Å². The smallest absolute Gasteiger partial charge is 0.207 e. The van der Waals surface area contributed by atoms with E-state index in [9.17, 15) is 20.2 Å². The van der Waals surface area contributed by atoms with Gasteiger partial charge in [-0.25, -0.2) is 20.2 Å². The molecule has 1 aliphatic rings. The van der Waals surface area contributed by atoms with Gasteiger partial charge in [-0.15, -0.1) is 10.0 Å². The first-order valence-electron chi connectivity index (χ1n) is 3.47. The lowest BCUT2D eigenvalue weighted by molar-refractivity contribution is -0.721. The fraction of sp³-hybridized carbons (Fsp3) is 1.00. The second-order valence-electron chi connectivity index (χ2n) is 2.65. The molecule has 0 saturated carbocycles. The van der Waals surface area contributed by atoms with E-state index in [0.717, 1.165) is 0 Å². The van der Waals surface area contributed by atoms with Crippen LogP contribution >= 0.6 is 0 Å². The van der Waals surface area contributed by atoms with Crippen LogP contribution in [-0.2, 0) is 0 Å². The molecule has 0 radical (unpaired) electrons. The number of hydrazine groups is 2. The van der Waals surface area contributed by atoms with Crippen molar-refractivity contribution in [2.24, 2.45) is 0 Å². The Labute approximate surface area is 72.4 Å². The lowest BCUT2D eigenvalue weighted by Gasteiger charge is -2.27. The Kier molecular flexibility index (Phi) is 2.46. The van der Waals surface area contributed by atoms with Crippen LogP contribution in [0.1, 0.15) is 0 Å². The van der Waals surface area contributed by atoms with E-state index < -0.39 is 22.8 Å². The lowest BCUT2D eigenvalue weighted by Crippen LogP contribution is -2.55. The van der Waals surface area contributed by atoms with Gasteiger partial charge in [0.1, 0.15) is 19.2 Å². The van der Waals surface area contributed by atoms with Gasteiger partial charge >= 0.3 is 0 Å². The third kappa shape index (κ3) is 2.15. The Bertz CT molecular complexity index is 211. The molecule has 0 aromatic carbocycles. The van der Waals surface area contributed by atoms with E-state index in [1.54, 1.807) is 0 Å². The third-order valence-electron chi connectivity index (χ3n) is 1.63. The van der Waals surface area contributed by atoms with Crippen molar-refractivity contribution in [1.82, 2.24) is 10.0 Å². The molecule has 13 heavy (non-hydrogen) atoms. The molecular formula is C4H8N4O5. The van der Waals surface area contributed by atoms with Crippen molar-refractivity contribution in [2.45, 2.75) is 6.10 Å². The van der Waals surface area contributed by atoms with Gasteiger partial charge in [-0.05, 0) is 0 Å². The van der Waals surface area contributed by atoms with E-state index in [1.807, 2.05) is 0 Å². The van der Waals surface area contributed by atoms with Crippen LogP contribution in [-0.4, -0.2) is 51.1 Å². The SMILES string of the molecule is O=[N+]([O-])N1CC(O)CN([N+](=O)[O-])C1. The molecule has 1 rings (SSSR count). The van der Waals surface area contributed by atoms with Crippen LogP contribution in [0.25, 0.3) is 0 Å². The van der Waals surface area contributed by atoms with Crippen LogP contribution in [0.5, 0.6) is 0 Å². The Morgan fingerprint density at radius 1 is 1.15 bits per heavy atom. The van der Waals surface area contributed by atoms with Gasteiger partial charge in [-0.1, -0.05) is 0 Å². The fourth-order valence-corrected chi connectivity index (χ4v) is 1.08. The normalized spacial score (nSPS) is 18.8. The molecule has 1 fully saturated rings. The maximum Gasteiger partial charge on any atom is 0.207 e. The van der Waals surface area contributed by atoms with Gasteiger partial charge in [-0.2, -0.15) is 0 Å². The number of aliphatic hydroxyl groups is 1. The largest absolute Gasteiger partial charge is 0.389 e. The minimum atomic E-state index is -1.07. The highest BCUT2D eigenvalue weighted by Crippen LogP contribution is 2.05. The number of hydrogen-bond acceptors (Lipinski definition) is 5. The molecular weight excluding hydrogens is 184 g/mol. The zero-order valence-corrected chi connectivity index (χ0v) is 6.57. The summed E-state index contributed by atoms with van der Waals surface area (Å²) >= 11 is 0. The maximum atomic E-state index is 10.2. The number of hydrogen-bond donors (Lipinski definition) is 1. The molecule has 0 bridgehead atoms. The summed E-state index contributed by atoms with van der Waals surface area (Å²) in [6.07, 6.45) is -1.07. The summed E-state index contributed by atoms with van der Waals surface area (Å²) in [5, 5.41) is 29.2. The minimum Gasteiger partial charge on any atom is -0.389 e. The van der Waals surface area contributed by atoms with E-state index in [1.165, 1.54) is 0 Å². The molecule has 1 saturated heterocycles. The van der Waals surface area contributed by atoms with Crippen molar-refractivity contribution in [3.8, 4) is 0 Å². The van der Waals surface area contributed by atoms with Crippen LogP contribution in [0.15, 0.2) is 0 Å². The van der Waals surface area contributed by atoms with Crippen molar-refractivity contribution in [3.63, 3.8) is 0 Å². The number of aliphatic hydroxyl groups excluding tert-OH is 1. The van der Waals surface area contributed by atoms with Crippen molar-refractivity contribution in [3.05, 3.63) is 20.2 Å².